The summed E-state index contributed by atoms with van der Waals surface area (Å²) in [6, 6.07) is 15.9. The molecule has 4 nitrogen and oxygen atoms in total. The minimum Gasteiger partial charge on any atom is -0.381 e. The van der Waals surface area contributed by atoms with Gasteiger partial charge in [-0.3, -0.25) is 0 Å². The highest BCUT2D eigenvalue weighted by molar-refractivity contribution is 5.79. The van der Waals surface area contributed by atoms with Crippen LogP contribution in [0.4, 0.5) is 11.6 Å². The van der Waals surface area contributed by atoms with E-state index in [1.165, 1.54) is 11.1 Å². The number of rotatable bonds is 3. The largest absolute Gasteiger partial charge is 0.381 e. The second-order valence-corrected chi connectivity index (χ2v) is 4.73. The molecule has 0 fully saturated rings. The van der Waals surface area contributed by atoms with Crippen molar-refractivity contribution in [2.45, 2.75) is 13.5 Å². The van der Waals surface area contributed by atoms with Crippen molar-refractivity contribution in [2.75, 3.05) is 11.1 Å². The maximum Gasteiger partial charge on any atom is 0.169 e. The molecule has 1 aromatic heterocycles. The van der Waals surface area contributed by atoms with Gasteiger partial charge >= 0.3 is 0 Å². The Kier molecular flexibility index (Phi) is 3.21. The molecule has 3 rings (SSSR count). The summed E-state index contributed by atoms with van der Waals surface area (Å²) in [4.78, 5) is 8.88. The standard InChI is InChI=1S/C16H16N4/c1-11-6-2-3-7-12(11)10-18-16-15(17)19-13-8-4-5-9-14(13)20-16/h2-9H,10H2,1H3,(H2,17,19)(H,18,20). The fourth-order valence-electron chi connectivity index (χ4n) is 2.13. The van der Waals surface area contributed by atoms with Crippen LogP contribution < -0.4 is 11.1 Å². The fraction of sp³-hybridized carbons (Fsp3) is 0.125. The number of nitrogens with zero attached hydrogens (tertiary/aromatic N) is 2. The lowest BCUT2D eigenvalue weighted by atomic mass is 10.1. The van der Waals surface area contributed by atoms with Crippen LogP contribution in [0.1, 0.15) is 11.1 Å². The first kappa shape index (κ1) is 12.4. The summed E-state index contributed by atoms with van der Waals surface area (Å²) >= 11 is 0. The molecule has 2 aromatic carbocycles. The van der Waals surface area contributed by atoms with Gasteiger partial charge in [-0.1, -0.05) is 36.4 Å². The molecular formula is C16H16N4. The van der Waals surface area contributed by atoms with Crippen LogP contribution >= 0.6 is 0 Å². The number of hydrogen-bond donors (Lipinski definition) is 2. The summed E-state index contributed by atoms with van der Waals surface area (Å²) in [5, 5.41) is 3.26. The van der Waals surface area contributed by atoms with Crippen LogP contribution in [0.5, 0.6) is 0 Å². The molecule has 3 N–H and O–H groups in total. The Morgan fingerprint density at radius 2 is 1.60 bits per heavy atom. The summed E-state index contributed by atoms with van der Waals surface area (Å²) in [6.45, 7) is 2.77. The fourth-order valence-corrected chi connectivity index (χ4v) is 2.13. The van der Waals surface area contributed by atoms with E-state index in [2.05, 4.69) is 34.3 Å². The summed E-state index contributed by atoms with van der Waals surface area (Å²) in [7, 11) is 0. The number of benzene rings is 2. The topological polar surface area (TPSA) is 63.8 Å². The Morgan fingerprint density at radius 3 is 2.35 bits per heavy atom. The van der Waals surface area contributed by atoms with Crippen LogP contribution in [-0.2, 0) is 6.54 Å². The predicted molar refractivity (Wildman–Crippen MR) is 82.5 cm³/mol. The maximum absolute atomic E-state index is 5.95. The second kappa shape index (κ2) is 5.17. The van der Waals surface area contributed by atoms with E-state index >= 15 is 0 Å². The van der Waals surface area contributed by atoms with Crippen molar-refractivity contribution >= 4 is 22.7 Å². The molecule has 0 spiro atoms. The molecule has 0 radical (unpaired) electrons. The molecular weight excluding hydrogens is 248 g/mol. The lowest BCUT2D eigenvalue weighted by Gasteiger charge is -2.10. The Labute approximate surface area is 117 Å². The Hall–Kier alpha value is -2.62. The number of para-hydroxylation sites is 2. The van der Waals surface area contributed by atoms with E-state index in [0.717, 1.165) is 11.0 Å². The Bertz CT molecular complexity index is 752. The van der Waals surface area contributed by atoms with Gasteiger partial charge in [0.25, 0.3) is 0 Å². The normalized spacial score (nSPS) is 10.7. The van der Waals surface area contributed by atoms with Crippen LogP contribution in [0.3, 0.4) is 0 Å². The molecule has 0 amide bonds. The maximum atomic E-state index is 5.95. The lowest BCUT2D eigenvalue weighted by molar-refractivity contribution is 1.09. The number of aryl methyl sites for hydroxylation is 1. The molecule has 4 heteroatoms. The number of fused-ring (bicyclic) bond motifs is 1. The highest BCUT2D eigenvalue weighted by Crippen LogP contribution is 2.19. The van der Waals surface area contributed by atoms with Crippen molar-refractivity contribution in [3.05, 3.63) is 59.7 Å². The van der Waals surface area contributed by atoms with E-state index in [9.17, 15) is 0 Å². The zero-order chi connectivity index (χ0) is 13.9. The Balaban J connectivity index is 1.87. The number of anilines is 2. The van der Waals surface area contributed by atoms with Crippen molar-refractivity contribution in [1.82, 2.24) is 9.97 Å². The van der Waals surface area contributed by atoms with Gasteiger partial charge in [-0.15, -0.1) is 0 Å². The minimum absolute atomic E-state index is 0.428. The first-order valence-electron chi connectivity index (χ1n) is 6.54. The summed E-state index contributed by atoms with van der Waals surface area (Å²) in [5.74, 6) is 1.06. The van der Waals surface area contributed by atoms with E-state index in [1.54, 1.807) is 0 Å². The zero-order valence-corrected chi connectivity index (χ0v) is 11.3. The van der Waals surface area contributed by atoms with E-state index in [4.69, 9.17) is 5.73 Å². The van der Waals surface area contributed by atoms with Gasteiger partial charge in [0.15, 0.2) is 11.6 Å². The van der Waals surface area contributed by atoms with E-state index in [0.29, 0.717) is 18.2 Å². The molecule has 100 valence electrons. The van der Waals surface area contributed by atoms with Crippen LogP contribution in [-0.4, -0.2) is 9.97 Å². The molecule has 0 aliphatic heterocycles. The van der Waals surface area contributed by atoms with Gasteiger partial charge in [0.05, 0.1) is 11.0 Å². The first-order chi connectivity index (χ1) is 9.74. The molecule has 0 atom stereocenters. The van der Waals surface area contributed by atoms with Gasteiger partial charge in [-0.25, -0.2) is 9.97 Å². The molecule has 20 heavy (non-hydrogen) atoms. The van der Waals surface area contributed by atoms with Gasteiger partial charge in [-0.05, 0) is 30.2 Å². The molecule has 0 saturated heterocycles. The van der Waals surface area contributed by atoms with Crippen molar-refractivity contribution in [3.8, 4) is 0 Å². The molecule has 0 aliphatic carbocycles. The Morgan fingerprint density at radius 1 is 0.950 bits per heavy atom. The molecule has 0 saturated carbocycles. The molecule has 1 heterocycles. The third-order valence-electron chi connectivity index (χ3n) is 3.31. The van der Waals surface area contributed by atoms with Gasteiger partial charge in [0.1, 0.15) is 0 Å². The summed E-state index contributed by atoms with van der Waals surface area (Å²) in [5.41, 5.74) is 10.1. The van der Waals surface area contributed by atoms with Gasteiger partial charge in [0, 0.05) is 6.54 Å². The van der Waals surface area contributed by atoms with Crippen LogP contribution in [0.2, 0.25) is 0 Å². The molecule has 0 unspecified atom stereocenters. The summed E-state index contributed by atoms with van der Waals surface area (Å²) in [6.07, 6.45) is 0. The number of nitrogens with two attached hydrogens (primary N) is 1. The monoisotopic (exact) mass is 264 g/mol. The van der Waals surface area contributed by atoms with Gasteiger partial charge in [0.2, 0.25) is 0 Å². The minimum atomic E-state index is 0.428. The van der Waals surface area contributed by atoms with E-state index < -0.39 is 0 Å². The smallest absolute Gasteiger partial charge is 0.169 e. The highest BCUT2D eigenvalue weighted by atomic mass is 15.1. The molecule has 0 aliphatic rings. The third kappa shape index (κ3) is 2.40. The zero-order valence-electron chi connectivity index (χ0n) is 11.3. The van der Waals surface area contributed by atoms with Gasteiger partial charge < -0.3 is 11.1 Å². The average Bonchev–Trinajstić information content (AvgIpc) is 2.46. The van der Waals surface area contributed by atoms with Crippen molar-refractivity contribution in [1.29, 1.82) is 0 Å². The second-order valence-electron chi connectivity index (χ2n) is 4.73. The molecule has 3 aromatic rings. The lowest BCUT2D eigenvalue weighted by Crippen LogP contribution is -2.07. The first-order valence-corrected chi connectivity index (χ1v) is 6.54. The number of aromatic nitrogens is 2. The molecule has 0 bridgehead atoms. The van der Waals surface area contributed by atoms with Crippen LogP contribution in [0, 0.1) is 6.92 Å². The summed E-state index contributed by atoms with van der Waals surface area (Å²) < 4.78 is 0. The average molecular weight is 264 g/mol. The number of nitrogens with one attached hydrogen (secondary N) is 1. The van der Waals surface area contributed by atoms with E-state index in [1.807, 2.05) is 36.4 Å². The number of hydrogen-bond acceptors (Lipinski definition) is 4. The number of nitrogen functional groups attached to an aromatic ring is 1. The van der Waals surface area contributed by atoms with Crippen LogP contribution in [0.25, 0.3) is 11.0 Å². The van der Waals surface area contributed by atoms with Crippen molar-refractivity contribution in [2.24, 2.45) is 0 Å². The highest BCUT2D eigenvalue weighted by Gasteiger charge is 2.05. The third-order valence-corrected chi connectivity index (χ3v) is 3.31. The van der Waals surface area contributed by atoms with Crippen molar-refractivity contribution < 1.29 is 0 Å². The quantitative estimate of drug-likeness (QED) is 0.763. The van der Waals surface area contributed by atoms with E-state index in [-0.39, 0.29) is 0 Å². The van der Waals surface area contributed by atoms with Crippen molar-refractivity contribution in [3.63, 3.8) is 0 Å². The van der Waals surface area contributed by atoms with Gasteiger partial charge in [-0.2, -0.15) is 0 Å². The SMILES string of the molecule is Cc1ccccc1CNc1nc2ccccc2nc1N. The van der Waals surface area contributed by atoms with Crippen LogP contribution in [0.15, 0.2) is 48.5 Å². The predicted octanol–water partition coefficient (Wildman–Crippen LogP) is 3.13.